The van der Waals surface area contributed by atoms with Gasteiger partial charge in [0.25, 0.3) is 5.56 Å². The molecule has 23 heavy (non-hydrogen) atoms. The van der Waals surface area contributed by atoms with E-state index < -0.39 is 20.2 Å². The zero-order valence-electron chi connectivity index (χ0n) is 14.7. The van der Waals surface area contributed by atoms with Crippen LogP contribution in [0.3, 0.4) is 0 Å². The lowest BCUT2D eigenvalue weighted by atomic mass is 10.2. The number of rotatable bonds is 4. The van der Waals surface area contributed by atoms with Gasteiger partial charge in [-0.05, 0) is 31.1 Å². The van der Waals surface area contributed by atoms with E-state index in [9.17, 15) is 9.59 Å². The second-order valence-electron chi connectivity index (χ2n) is 7.50. The molecule has 1 aliphatic heterocycles. The summed E-state index contributed by atoms with van der Waals surface area (Å²) in [6, 6.07) is 0. The summed E-state index contributed by atoms with van der Waals surface area (Å²) in [6.07, 6.45) is 4.55. The van der Waals surface area contributed by atoms with Gasteiger partial charge in [-0.1, -0.05) is 26.8 Å². The molecule has 0 aromatic carbocycles. The zero-order chi connectivity index (χ0) is 17.4. The molecule has 128 valence electrons. The third-order valence-corrected chi connectivity index (χ3v) is 9.14. The molecule has 0 amide bonds. The largest absolute Gasteiger partial charge is 0.414 e. The van der Waals surface area contributed by atoms with Crippen LogP contribution < -0.4 is 11.2 Å². The summed E-state index contributed by atoms with van der Waals surface area (Å²) >= 11 is 0. The third-order valence-electron chi connectivity index (χ3n) is 4.64. The van der Waals surface area contributed by atoms with Gasteiger partial charge in [0.05, 0.1) is 6.61 Å². The van der Waals surface area contributed by atoms with Crippen LogP contribution in [0.4, 0.5) is 0 Å². The van der Waals surface area contributed by atoms with Gasteiger partial charge in [0.2, 0.25) is 0 Å². The van der Waals surface area contributed by atoms with Gasteiger partial charge >= 0.3 is 5.69 Å². The predicted octanol–water partition coefficient (Wildman–Crippen LogP) is 2.32. The second-order valence-corrected chi connectivity index (χ2v) is 12.3. The molecule has 7 heteroatoms. The van der Waals surface area contributed by atoms with Crippen molar-refractivity contribution in [1.82, 2.24) is 9.55 Å². The minimum atomic E-state index is -1.83. The summed E-state index contributed by atoms with van der Waals surface area (Å²) in [6.45, 7) is 13.1. The molecule has 0 fully saturated rings. The van der Waals surface area contributed by atoms with Gasteiger partial charge in [0.1, 0.15) is 6.10 Å². The number of hydrogen-bond acceptors (Lipinski definition) is 4. The first-order valence-electron chi connectivity index (χ1n) is 7.81. The Morgan fingerprint density at radius 3 is 2.57 bits per heavy atom. The number of hydrogen-bond donors (Lipinski definition) is 1. The molecular formula is C16H26N2O4Si. The quantitative estimate of drug-likeness (QED) is 0.675. The lowest BCUT2D eigenvalue weighted by molar-refractivity contribution is -0.00788. The number of nitrogens with zero attached hydrogens (tertiary/aromatic N) is 1. The second kappa shape index (κ2) is 6.22. The Morgan fingerprint density at radius 1 is 1.30 bits per heavy atom. The molecule has 2 rings (SSSR count). The number of H-pyrrole nitrogens is 1. The first kappa shape index (κ1) is 17.9. The number of ether oxygens (including phenoxy) is 1. The first-order valence-corrected chi connectivity index (χ1v) is 10.7. The van der Waals surface area contributed by atoms with Crippen molar-refractivity contribution >= 4 is 8.32 Å². The average Bonchev–Trinajstić information content (AvgIpc) is 2.88. The number of aromatic amines is 1. The maximum atomic E-state index is 11.9. The lowest BCUT2D eigenvalue weighted by Crippen LogP contribution is -2.42. The summed E-state index contributed by atoms with van der Waals surface area (Å²) < 4.78 is 13.4. The number of aromatic nitrogens is 2. The van der Waals surface area contributed by atoms with Crippen LogP contribution >= 0.6 is 0 Å². The summed E-state index contributed by atoms with van der Waals surface area (Å²) in [7, 11) is -1.83. The summed E-state index contributed by atoms with van der Waals surface area (Å²) in [5.41, 5.74) is -0.366. The van der Waals surface area contributed by atoms with E-state index in [-0.39, 0.29) is 16.7 Å². The van der Waals surface area contributed by atoms with E-state index in [1.54, 1.807) is 6.92 Å². The summed E-state index contributed by atoms with van der Waals surface area (Å²) in [4.78, 5) is 25.6. The van der Waals surface area contributed by atoms with Crippen molar-refractivity contribution in [3.63, 3.8) is 0 Å². The van der Waals surface area contributed by atoms with Crippen molar-refractivity contribution in [2.75, 3.05) is 6.61 Å². The molecule has 2 heterocycles. The fraction of sp³-hybridized carbons (Fsp3) is 0.625. The van der Waals surface area contributed by atoms with Crippen molar-refractivity contribution in [2.45, 2.75) is 58.2 Å². The highest BCUT2D eigenvalue weighted by atomic mass is 28.4. The van der Waals surface area contributed by atoms with Crippen molar-refractivity contribution < 1.29 is 9.16 Å². The smallest absolute Gasteiger partial charge is 0.330 e. The molecule has 6 nitrogen and oxygen atoms in total. The number of nitrogens with one attached hydrogen (secondary N) is 1. The van der Waals surface area contributed by atoms with E-state index in [2.05, 4.69) is 38.8 Å². The van der Waals surface area contributed by atoms with Gasteiger partial charge in [0, 0.05) is 11.8 Å². The van der Waals surface area contributed by atoms with Crippen LogP contribution in [0.25, 0.3) is 0 Å². The first-order chi connectivity index (χ1) is 10.5. The third kappa shape index (κ3) is 3.91. The van der Waals surface area contributed by atoms with Gasteiger partial charge in [-0.25, -0.2) is 4.79 Å². The van der Waals surface area contributed by atoms with Crippen molar-refractivity contribution in [2.24, 2.45) is 0 Å². The molecule has 0 saturated carbocycles. The van der Waals surface area contributed by atoms with Crippen LogP contribution in [0.15, 0.2) is 27.9 Å². The standard InChI is InChI=1S/C16H26N2O4Si/c1-11-9-18(15(20)17-14(11)19)13-8-7-12(22-13)10-21-23(5,6)16(2,3)4/h7-9,12-13H,10H2,1-6H3,(H,17,19,20)/t12-,13?/m0/s1. The molecule has 1 aliphatic rings. The lowest BCUT2D eigenvalue weighted by Gasteiger charge is -2.36. The molecule has 1 aromatic rings. The van der Waals surface area contributed by atoms with Crippen LogP contribution in [0.1, 0.15) is 32.6 Å². The minimum absolute atomic E-state index is 0.141. The van der Waals surface area contributed by atoms with Gasteiger partial charge in [-0.15, -0.1) is 0 Å². The highest BCUT2D eigenvalue weighted by Gasteiger charge is 2.38. The van der Waals surface area contributed by atoms with Crippen molar-refractivity contribution in [3.05, 3.63) is 44.8 Å². The Balaban J connectivity index is 2.03. The molecule has 1 unspecified atom stereocenters. The van der Waals surface area contributed by atoms with Crippen LogP contribution in [0.5, 0.6) is 0 Å². The van der Waals surface area contributed by atoms with E-state index >= 15 is 0 Å². The Bertz CT molecular complexity index is 712. The molecular weight excluding hydrogens is 312 g/mol. The zero-order valence-corrected chi connectivity index (χ0v) is 15.7. The molecule has 0 radical (unpaired) electrons. The highest BCUT2D eigenvalue weighted by molar-refractivity contribution is 6.74. The maximum Gasteiger partial charge on any atom is 0.330 e. The predicted molar refractivity (Wildman–Crippen MR) is 92.3 cm³/mol. The van der Waals surface area contributed by atoms with Gasteiger partial charge < -0.3 is 9.16 Å². The van der Waals surface area contributed by atoms with Crippen LogP contribution in [0.2, 0.25) is 18.1 Å². The Hall–Kier alpha value is -1.44. The Kier molecular flexibility index (Phi) is 4.84. The monoisotopic (exact) mass is 338 g/mol. The molecule has 1 aromatic heterocycles. The van der Waals surface area contributed by atoms with Crippen molar-refractivity contribution in [3.8, 4) is 0 Å². The fourth-order valence-corrected chi connectivity index (χ4v) is 3.04. The van der Waals surface area contributed by atoms with Gasteiger partial charge in [-0.3, -0.25) is 14.3 Å². The van der Waals surface area contributed by atoms with Crippen LogP contribution in [0, 0.1) is 6.92 Å². The highest BCUT2D eigenvalue weighted by Crippen LogP contribution is 2.37. The SMILES string of the molecule is Cc1cn(C2C=C[C@@H](CO[Si](C)(C)C(C)(C)C)O2)c(=O)[nH]c1=O. The van der Waals surface area contributed by atoms with Crippen LogP contribution in [-0.4, -0.2) is 30.6 Å². The topological polar surface area (TPSA) is 73.3 Å². The van der Waals surface area contributed by atoms with Crippen LogP contribution in [-0.2, 0) is 9.16 Å². The molecule has 1 N–H and O–H groups in total. The summed E-state index contributed by atoms with van der Waals surface area (Å²) in [5.74, 6) is 0. The minimum Gasteiger partial charge on any atom is -0.414 e. The summed E-state index contributed by atoms with van der Waals surface area (Å²) in [5, 5.41) is 0.141. The number of aryl methyl sites for hydroxylation is 1. The van der Waals surface area contributed by atoms with E-state index in [0.29, 0.717) is 12.2 Å². The Labute approximate surface area is 137 Å². The van der Waals surface area contributed by atoms with Crippen molar-refractivity contribution in [1.29, 1.82) is 0 Å². The van der Waals surface area contributed by atoms with E-state index in [1.165, 1.54) is 10.8 Å². The molecule has 0 saturated heterocycles. The van der Waals surface area contributed by atoms with Gasteiger partial charge in [-0.2, -0.15) is 0 Å². The van der Waals surface area contributed by atoms with E-state index in [4.69, 9.17) is 9.16 Å². The average molecular weight is 338 g/mol. The van der Waals surface area contributed by atoms with Gasteiger partial charge in [0.15, 0.2) is 14.5 Å². The Morgan fingerprint density at radius 2 is 1.96 bits per heavy atom. The van der Waals surface area contributed by atoms with E-state index in [0.717, 1.165) is 0 Å². The molecule has 0 spiro atoms. The fourth-order valence-electron chi connectivity index (χ4n) is 2.02. The van der Waals surface area contributed by atoms with E-state index in [1.807, 2.05) is 12.2 Å². The molecule has 2 atom stereocenters. The molecule has 0 bridgehead atoms. The molecule has 0 aliphatic carbocycles. The normalized spacial score (nSPS) is 21.8. The maximum absolute atomic E-state index is 11.9.